The number of carbonyl (C=O) groups is 1. The zero-order chi connectivity index (χ0) is 22.2. The average Bonchev–Trinajstić information content (AvgIpc) is 3.36. The highest BCUT2D eigenvalue weighted by molar-refractivity contribution is 5.78. The average molecular weight is 432 g/mol. The Hall–Kier alpha value is -3.12. The van der Waals surface area contributed by atoms with Gasteiger partial charge < -0.3 is 15.1 Å². The van der Waals surface area contributed by atoms with Gasteiger partial charge in [0.15, 0.2) is 0 Å². The van der Waals surface area contributed by atoms with Gasteiger partial charge in [0.2, 0.25) is 5.91 Å². The van der Waals surface area contributed by atoms with Crippen molar-refractivity contribution in [2.45, 2.75) is 38.3 Å². The molecule has 3 aromatic rings. The van der Waals surface area contributed by atoms with Gasteiger partial charge in [0.25, 0.3) is 0 Å². The number of hydrogen-bond donors (Lipinski definition) is 2. The number of amides is 1. The fourth-order valence-electron chi connectivity index (χ4n) is 4.34. The van der Waals surface area contributed by atoms with E-state index in [1.165, 1.54) is 24.1 Å². The number of benzene rings is 2. The van der Waals surface area contributed by atoms with E-state index in [-0.39, 0.29) is 5.91 Å². The van der Waals surface area contributed by atoms with Crippen molar-refractivity contribution < 1.29 is 4.79 Å². The van der Waals surface area contributed by atoms with Gasteiger partial charge in [-0.15, -0.1) is 0 Å². The molecule has 1 aromatic heterocycles. The molecule has 0 spiro atoms. The number of aromatic nitrogens is 2. The Morgan fingerprint density at radius 1 is 1.06 bits per heavy atom. The Labute approximate surface area is 190 Å². The number of likely N-dealkylation sites (N-methyl/N-ethyl adjacent to an activating group) is 1. The number of carbonyl (C=O) groups excluding carboxylic acids is 1. The largest absolute Gasteiger partial charge is 0.371 e. The maximum Gasteiger partial charge on any atom is 0.224 e. The second kappa shape index (κ2) is 11.0. The first kappa shape index (κ1) is 22.1. The highest BCUT2D eigenvalue weighted by Gasteiger charge is 2.22. The second-order valence-corrected chi connectivity index (χ2v) is 8.66. The number of piperidine rings is 1. The van der Waals surface area contributed by atoms with Crippen LogP contribution in [0.2, 0.25) is 0 Å². The standard InChI is InChI=1S/C26H33N5O/c1-30(14-11-23-19-28-29-20-23)24-12-15-31(16-13-24)25-9-7-21(8-10-25)17-26(32)27-18-22-5-3-2-4-6-22/h2-10,19-20,24H,11-18H2,1H3,(H,27,32)(H,28,29). The zero-order valence-electron chi connectivity index (χ0n) is 18.8. The normalized spacial score (nSPS) is 14.6. The van der Waals surface area contributed by atoms with Gasteiger partial charge in [-0.1, -0.05) is 42.5 Å². The van der Waals surface area contributed by atoms with Gasteiger partial charge in [-0.3, -0.25) is 9.89 Å². The zero-order valence-corrected chi connectivity index (χ0v) is 18.8. The monoisotopic (exact) mass is 431 g/mol. The summed E-state index contributed by atoms with van der Waals surface area (Å²) in [5.74, 6) is 0.0564. The van der Waals surface area contributed by atoms with E-state index < -0.39 is 0 Å². The number of rotatable bonds is 9. The predicted molar refractivity (Wildman–Crippen MR) is 129 cm³/mol. The molecule has 1 aliphatic rings. The van der Waals surface area contributed by atoms with Crippen LogP contribution >= 0.6 is 0 Å². The highest BCUT2D eigenvalue weighted by Crippen LogP contribution is 2.23. The van der Waals surface area contributed by atoms with Crippen molar-refractivity contribution in [2.75, 3.05) is 31.6 Å². The van der Waals surface area contributed by atoms with Crippen LogP contribution in [0.5, 0.6) is 0 Å². The summed E-state index contributed by atoms with van der Waals surface area (Å²) >= 11 is 0. The number of nitrogens with zero attached hydrogens (tertiary/aromatic N) is 3. The second-order valence-electron chi connectivity index (χ2n) is 8.66. The summed E-state index contributed by atoms with van der Waals surface area (Å²) in [6.45, 7) is 3.77. The van der Waals surface area contributed by atoms with Crippen LogP contribution in [0.4, 0.5) is 5.69 Å². The van der Waals surface area contributed by atoms with Crippen LogP contribution in [0.1, 0.15) is 29.5 Å². The summed E-state index contributed by atoms with van der Waals surface area (Å²) < 4.78 is 0. The minimum Gasteiger partial charge on any atom is -0.371 e. The lowest BCUT2D eigenvalue weighted by Crippen LogP contribution is -2.44. The van der Waals surface area contributed by atoms with Gasteiger partial charge in [-0.25, -0.2) is 0 Å². The van der Waals surface area contributed by atoms with Crippen molar-refractivity contribution in [1.82, 2.24) is 20.4 Å². The molecule has 0 saturated carbocycles. The number of nitrogens with one attached hydrogen (secondary N) is 2. The fraction of sp³-hybridized carbons (Fsp3) is 0.385. The predicted octanol–water partition coefficient (Wildman–Crippen LogP) is 3.41. The molecule has 2 heterocycles. The molecular formula is C26H33N5O. The molecule has 1 amide bonds. The minimum atomic E-state index is 0.0564. The summed E-state index contributed by atoms with van der Waals surface area (Å²) in [4.78, 5) is 17.2. The first-order chi connectivity index (χ1) is 15.7. The SMILES string of the molecule is CN(CCc1cn[nH]c1)C1CCN(c2ccc(CC(=O)NCc3ccccc3)cc2)CC1. The van der Waals surface area contributed by atoms with Gasteiger partial charge >= 0.3 is 0 Å². The van der Waals surface area contributed by atoms with Crippen molar-refractivity contribution in [3.05, 3.63) is 83.7 Å². The molecule has 168 valence electrons. The molecule has 0 radical (unpaired) electrons. The third kappa shape index (κ3) is 6.20. The van der Waals surface area contributed by atoms with Crippen LogP contribution < -0.4 is 10.2 Å². The number of anilines is 1. The van der Waals surface area contributed by atoms with E-state index >= 15 is 0 Å². The molecule has 0 unspecified atom stereocenters. The van der Waals surface area contributed by atoms with Crippen molar-refractivity contribution in [3.8, 4) is 0 Å². The first-order valence-corrected chi connectivity index (χ1v) is 11.5. The molecule has 6 nitrogen and oxygen atoms in total. The smallest absolute Gasteiger partial charge is 0.224 e. The van der Waals surface area contributed by atoms with E-state index in [4.69, 9.17) is 0 Å². The van der Waals surface area contributed by atoms with Crippen LogP contribution in [-0.2, 0) is 24.2 Å². The molecule has 1 aliphatic heterocycles. The number of hydrogen-bond acceptors (Lipinski definition) is 4. The third-order valence-electron chi connectivity index (χ3n) is 6.39. The van der Waals surface area contributed by atoms with Gasteiger partial charge in [0, 0.05) is 44.1 Å². The van der Waals surface area contributed by atoms with Crippen molar-refractivity contribution >= 4 is 11.6 Å². The molecule has 1 saturated heterocycles. The van der Waals surface area contributed by atoms with E-state index in [1.54, 1.807) is 0 Å². The van der Waals surface area contributed by atoms with Crippen LogP contribution in [-0.4, -0.2) is 53.7 Å². The molecular weight excluding hydrogens is 398 g/mol. The van der Waals surface area contributed by atoms with E-state index in [0.29, 0.717) is 19.0 Å². The maximum absolute atomic E-state index is 12.3. The van der Waals surface area contributed by atoms with Crippen molar-refractivity contribution in [2.24, 2.45) is 0 Å². The van der Waals surface area contributed by atoms with Crippen molar-refractivity contribution in [1.29, 1.82) is 0 Å². The summed E-state index contributed by atoms with van der Waals surface area (Å²) in [6, 6.07) is 19.1. The molecule has 6 heteroatoms. The molecule has 32 heavy (non-hydrogen) atoms. The number of H-pyrrole nitrogens is 1. The summed E-state index contributed by atoms with van der Waals surface area (Å²) in [5.41, 5.74) is 4.68. The molecule has 0 atom stereocenters. The van der Waals surface area contributed by atoms with E-state index in [0.717, 1.165) is 37.2 Å². The highest BCUT2D eigenvalue weighted by atomic mass is 16.1. The summed E-state index contributed by atoms with van der Waals surface area (Å²) in [6.07, 6.45) is 7.68. The van der Waals surface area contributed by atoms with Crippen LogP contribution in [0.15, 0.2) is 67.0 Å². The van der Waals surface area contributed by atoms with Gasteiger partial charge in [0.1, 0.15) is 0 Å². The van der Waals surface area contributed by atoms with Crippen molar-refractivity contribution in [3.63, 3.8) is 0 Å². The van der Waals surface area contributed by atoms with Gasteiger partial charge in [-0.2, -0.15) is 5.10 Å². The third-order valence-corrected chi connectivity index (χ3v) is 6.39. The Bertz CT molecular complexity index is 948. The fourth-order valence-corrected chi connectivity index (χ4v) is 4.34. The maximum atomic E-state index is 12.3. The Balaban J connectivity index is 1.20. The van der Waals surface area contributed by atoms with Crippen LogP contribution in [0.3, 0.4) is 0 Å². The summed E-state index contributed by atoms with van der Waals surface area (Å²) in [7, 11) is 2.23. The summed E-state index contributed by atoms with van der Waals surface area (Å²) in [5, 5.41) is 9.91. The number of aromatic amines is 1. The lowest BCUT2D eigenvalue weighted by molar-refractivity contribution is -0.120. The van der Waals surface area contributed by atoms with Gasteiger partial charge in [-0.05, 0) is 55.1 Å². The van der Waals surface area contributed by atoms with Gasteiger partial charge in [0.05, 0.1) is 12.6 Å². The molecule has 4 rings (SSSR count). The lowest BCUT2D eigenvalue weighted by atomic mass is 10.0. The first-order valence-electron chi connectivity index (χ1n) is 11.5. The topological polar surface area (TPSA) is 64.3 Å². The Kier molecular flexibility index (Phi) is 7.56. The Morgan fingerprint density at radius 3 is 2.50 bits per heavy atom. The molecule has 2 aromatic carbocycles. The minimum absolute atomic E-state index is 0.0564. The molecule has 0 bridgehead atoms. The van der Waals surface area contributed by atoms with E-state index in [9.17, 15) is 4.79 Å². The van der Waals surface area contributed by atoms with E-state index in [2.05, 4.69) is 56.6 Å². The molecule has 1 fully saturated rings. The van der Waals surface area contributed by atoms with E-state index in [1.807, 2.05) is 42.7 Å². The Morgan fingerprint density at radius 2 is 1.81 bits per heavy atom. The lowest BCUT2D eigenvalue weighted by Gasteiger charge is -2.38. The molecule has 2 N–H and O–H groups in total. The molecule has 0 aliphatic carbocycles. The van der Waals surface area contributed by atoms with Crippen LogP contribution in [0.25, 0.3) is 0 Å². The quantitative estimate of drug-likeness (QED) is 0.545. The van der Waals surface area contributed by atoms with Crippen LogP contribution in [0, 0.1) is 0 Å².